The summed E-state index contributed by atoms with van der Waals surface area (Å²) in [5, 5.41) is 3.65. The van der Waals surface area contributed by atoms with Gasteiger partial charge in [0.15, 0.2) is 0 Å². The maximum Gasteiger partial charge on any atom is 0.309 e. The van der Waals surface area contributed by atoms with Gasteiger partial charge in [0, 0.05) is 25.2 Å². The molecule has 0 radical (unpaired) electrons. The average molecular weight is 240 g/mol. The second-order valence-electron chi connectivity index (χ2n) is 5.34. The summed E-state index contributed by atoms with van der Waals surface area (Å²) in [6.45, 7) is 7.34. The molecule has 1 N–H and O–H groups in total. The smallest absolute Gasteiger partial charge is 0.309 e. The number of hydrogen-bond acceptors (Lipinski definition) is 4. The third-order valence-corrected chi connectivity index (χ3v) is 3.83. The molecule has 0 aromatic rings. The molecule has 17 heavy (non-hydrogen) atoms. The molecule has 4 nitrogen and oxygen atoms in total. The highest BCUT2D eigenvalue weighted by molar-refractivity contribution is 5.72. The maximum absolute atomic E-state index is 11.6. The number of fused-ring (bicyclic) bond motifs is 2. The van der Waals surface area contributed by atoms with E-state index in [1.165, 1.54) is 19.3 Å². The molecule has 2 saturated heterocycles. The Morgan fingerprint density at radius 2 is 2.18 bits per heavy atom. The summed E-state index contributed by atoms with van der Waals surface area (Å²) in [6.07, 6.45) is 3.83. The SMILES string of the molecule is CCOC(=O)C(C)CN1CCC2CCC(C1)N2. The van der Waals surface area contributed by atoms with Crippen molar-refractivity contribution in [2.75, 3.05) is 26.2 Å². The Hall–Kier alpha value is -0.610. The Bertz CT molecular complexity index is 270. The van der Waals surface area contributed by atoms with E-state index in [1.807, 2.05) is 13.8 Å². The Labute approximate surface area is 104 Å². The average Bonchev–Trinajstić information content (AvgIpc) is 2.63. The normalized spacial score (nSPS) is 30.9. The van der Waals surface area contributed by atoms with E-state index < -0.39 is 0 Å². The number of carbonyl (C=O) groups is 1. The molecule has 0 aromatic carbocycles. The highest BCUT2D eigenvalue weighted by atomic mass is 16.5. The second-order valence-corrected chi connectivity index (χ2v) is 5.34. The number of esters is 1. The molecule has 2 aliphatic rings. The number of likely N-dealkylation sites (tertiary alicyclic amines) is 1. The molecule has 2 aliphatic heterocycles. The van der Waals surface area contributed by atoms with Crippen LogP contribution in [0.15, 0.2) is 0 Å². The minimum atomic E-state index is -0.0603. The number of nitrogens with one attached hydrogen (secondary N) is 1. The molecular weight excluding hydrogens is 216 g/mol. The van der Waals surface area contributed by atoms with Gasteiger partial charge in [-0.2, -0.15) is 0 Å². The van der Waals surface area contributed by atoms with E-state index in [0.717, 1.165) is 19.6 Å². The van der Waals surface area contributed by atoms with Gasteiger partial charge in [-0.25, -0.2) is 0 Å². The monoisotopic (exact) mass is 240 g/mol. The molecule has 4 heteroatoms. The standard InChI is InChI=1S/C13H24N2O2/c1-3-17-13(16)10(2)8-15-7-6-11-4-5-12(9-15)14-11/h10-12,14H,3-9H2,1-2H3. The summed E-state index contributed by atoms with van der Waals surface area (Å²) >= 11 is 0. The van der Waals surface area contributed by atoms with Crippen LogP contribution in [-0.2, 0) is 9.53 Å². The fraction of sp³-hybridized carbons (Fsp3) is 0.923. The molecule has 2 bridgehead atoms. The Morgan fingerprint density at radius 1 is 1.41 bits per heavy atom. The summed E-state index contributed by atoms with van der Waals surface area (Å²) in [7, 11) is 0. The van der Waals surface area contributed by atoms with Crippen LogP contribution in [0.5, 0.6) is 0 Å². The first-order valence-corrected chi connectivity index (χ1v) is 6.84. The zero-order valence-electron chi connectivity index (χ0n) is 10.9. The van der Waals surface area contributed by atoms with Crippen molar-refractivity contribution in [1.29, 1.82) is 0 Å². The van der Waals surface area contributed by atoms with Crippen LogP contribution in [0.1, 0.15) is 33.1 Å². The van der Waals surface area contributed by atoms with Crippen LogP contribution < -0.4 is 5.32 Å². The highest BCUT2D eigenvalue weighted by Crippen LogP contribution is 2.21. The van der Waals surface area contributed by atoms with Crippen molar-refractivity contribution in [2.24, 2.45) is 5.92 Å². The van der Waals surface area contributed by atoms with Gasteiger partial charge in [-0.1, -0.05) is 6.92 Å². The molecule has 98 valence electrons. The summed E-state index contributed by atoms with van der Waals surface area (Å²) in [6, 6.07) is 1.35. The number of hydrogen-bond donors (Lipinski definition) is 1. The van der Waals surface area contributed by atoms with Crippen molar-refractivity contribution >= 4 is 5.97 Å². The number of rotatable bonds is 4. The van der Waals surface area contributed by atoms with Gasteiger partial charge in [0.05, 0.1) is 12.5 Å². The van der Waals surface area contributed by atoms with Crippen LogP contribution >= 0.6 is 0 Å². The van der Waals surface area contributed by atoms with E-state index in [9.17, 15) is 4.79 Å². The zero-order valence-corrected chi connectivity index (χ0v) is 10.9. The molecule has 2 heterocycles. The van der Waals surface area contributed by atoms with E-state index in [4.69, 9.17) is 4.74 Å². The van der Waals surface area contributed by atoms with Crippen molar-refractivity contribution in [3.63, 3.8) is 0 Å². The van der Waals surface area contributed by atoms with E-state index >= 15 is 0 Å². The van der Waals surface area contributed by atoms with Gasteiger partial charge >= 0.3 is 5.97 Å². The molecule has 3 unspecified atom stereocenters. The fourth-order valence-corrected chi connectivity index (χ4v) is 2.93. The lowest BCUT2D eigenvalue weighted by atomic mass is 10.1. The first-order valence-electron chi connectivity index (χ1n) is 6.84. The van der Waals surface area contributed by atoms with Gasteiger partial charge in [-0.3, -0.25) is 4.79 Å². The minimum Gasteiger partial charge on any atom is -0.466 e. The lowest BCUT2D eigenvalue weighted by Gasteiger charge is -2.26. The number of carbonyl (C=O) groups excluding carboxylic acids is 1. The van der Waals surface area contributed by atoms with Gasteiger partial charge < -0.3 is 15.0 Å². The van der Waals surface area contributed by atoms with Crippen molar-refractivity contribution in [2.45, 2.75) is 45.2 Å². The lowest BCUT2D eigenvalue weighted by Crippen LogP contribution is -2.39. The van der Waals surface area contributed by atoms with E-state index in [2.05, 4.69) is 10.2 Å². The Kier molecular flexibility index (Phi) is 4.40. The van der Waals surface area contributed by atoms with E-state index in [-0.39, 0.29) is 11.9 Å². The van der Waals surface area contributed by atoms with Crippen LogP contribution in [0.25, 0.3) is 0 Å². The molecular formula is C13H24N2O2. The summed E-state index contributed by atoms with van der Waals surface area (Å²) < 4.78 is 5.06. The van der Waals surface area contributed by atoms with Crippen LogP contribution in [0.2, 0.25) is 0 Å². The third-order valence-electron chi connectivity index (χ3n) is 3.83. The maximum atomic E-state index is 11.6. The quantitative estimate of drug-likeness (QED) is 0.745. The van der Waals surface area contributed by atoms with Crippen molar-refractivity contribution in [3.05, 3.63) is 0 Å². The molecule has 0 spiro atoms. The first kappa shape index (κ1) is 12.8. The van der Waals surface area contributed by atoms with Crippen LogP contribution in [0.3, 0.4) is 0 Å². The molecule has 3 atom stereocenters. The van der Waals surface area contributed by atoms with Crippen molar-refractivity contribution in [1.82, 2.24) is 10.2 Å². The topological polar surface area (TPSA) is 41.6 Å². The Morgan fingerprint density at radius 3 is 2.94 bits per heavy atom. The largest absolute Gasteiger partial charge is 0.466 e. The second kappa shape index (κ2) is 5.83. The highest BCUT2D eigenvalue weighted by Gasteiger charge is 2.30. The molecule has 0 amide bonds. The molecule has 0 aromatic heterocycles. The number of nitrogens with zero attached hydrogens (tertiary/aromatic N) is 1. The first-order chi connectivity index (χ1) is 8.19. The number of ether oxygens (including phenoxy) is 1. The molecule has 0 aliphatic carbocycles. The predicted octanol–water partition coefficient (Wildman–Crippen LogP) is 1.01. The van der Waals surface area contributed by atoms with Gasteiger partial charge in [-0.15, -0.1) is 0 Å². The summed E-state index contributed by atoms with van der Waals surface area (Å²) in [4.78, 5) is 14.0. The van der Waals surface area contributed by atoms with Crippen LogP contribution in [-0.4, -0.2) is 49.2 Å². The van der Waals surface area contributed by atoms with Gasteiger partial charge in [0.2, 0.25) is 0 Å². The van der Waals surface area contributed by atoms with Crippen molar-refractivity contribution < 1.29 is 9.53 Å². The minimum absolute atomic E-state index is 0.00780. The van der Waals surface area contributed by atoms with Gasteiger partial charge in [-0.05, 0) is 32.7 Å². The van der Waals surface area contributed by atoms with Crippen LogP contribution in [0.4, 0.5) is 0 Å². The predicted molar refractivity (Wildman–Crippen MR) is 66.8 cm³/mol. The molecule has 2 fully saturated rings. The third kappa shape index (κ3) is 3.42. The molecule has 2 rings (SSSR count). The van der Waals surface area contributed by atoms with Gasteiger partial charge in [0.25, 0.3) is 0 Å². The fourth-order valence-electron chi connectivity index (χ4n) is 2.93. The molecule has 0 saturated carbocycles. The summed E-state index contributed by atoms with van der Waals surface area (Å²) in [5.74, 6) is -0.0681. The van der Waals surface area contributed by atoms with Gasteiger partial charge in [0.1, 0.15) is 0 Å². The van der Waals surface area contributed by atoms with Crippen molar-refractivity contribution in [3.8, 4) is 0 Å². The lowest BCUT2D eigenvalue weighted by molar-refractivity contribution is -0.148. The Balaban J connectivity index is 1.80. The summed E-state index contributed by atoms with van der Waals surface area (Å²) in [5.41, 5.74) is 0. The van der Waals surface area contributed by atoms with E-state index in [0.29, 0.717) is 18.7 Å². The van der Waals surface area contributed by atoms with E-state index in [1.54, 1.807) is 0 Å². The zero-order chi connectivity index (χ0) is 12.3. The van der Waals surface area contributed by atoms with Crippen LogP contribution in [0, 0.1) is 5.92 Å².